The number of hydrogen-bond acceptors (Lipinski definition) is 9. The highest BCUT2D eigenvalue weighted by Gasteiger charge is 2.47. The molecule has 3 rings (SSSR count). The monoisotopic (exact) mass is 472 g/mol. The molecule has 0 radical (unpaired) electrons. The topological polar surface area (TPSA) is 149 Å². The van der Waals surface area contributed by atoms with Gasteiger partial charge in [0.05, 0.1) is 50.6 Å². The number of nitrogens with zero attached hydrogens (tertiary/aromatic N) is 2. The Morgan fingerprint density at radius 2 is 1.79 bits per heavy atom. The lowest BCUT2D eigenvalue weighted by molar-refractivity contribution is -0.384. The zero-order valence-electron chi connectivity index (χ0n) is 18.6. The molecule has 34 heavy (non-hydrogen) atoms. The van der Waals surface area contributed by atoms with Crippen LogP contribution in [0.2, 0.25) is 0 Å². The van der Waals surface area contributed by atoms with E-state index in [1.165, 1.54) is 43.4 Å². The number of carbonyl (C=O) groups is 2. The Kier molecular flexibility index (Phi) is 7.82. The summed E-state index contributed by atoms with van der Waals surface area (Å²) in [5.74, 6) is -1.47. The largest absolute Gasteiger partial charge is 0.507 e. The molecule has 0 aromatic heterocycles. The van der Waals surface area contributed by atoms with Crippen molar-refractivity contribution in [1.29, 1.82) is 0 Å². The number of Topliss-reactive ketones (excluding diaryl/α,β-unsaturated/α-hetero) is 1. The third-order valence-electron chi connectivity index (χ3n) is 5.34. The number of hydrogen-bond donors (Lipinski definition) is 2. The molecular weight excluding hydrogens is 448 g/mol. The highest BCUT2D eigenvalue weighted by Crippen LogP contribution is 2.43. The van der Waals surface area contributed by atoms with E-state index in [9.17, 15) is 24.8 Å². The predicted octanol–water partition coefficient (Wildman–Crippen LogP) is 2.04. The molecule has 1 fully saturated rings. The van der Waals surface area contributed by atoms with Gasteiger partial charge >= 0.3 is 0 Å². The summed E-state index contributed by atoms with van der Waals surface area (Å²) < 4.78 is 16.0. The van der Waals surface area contributed by atoms with E-state index >= 15 is 0 Å². The standard InChI is InChI=1S/C23H24N2O9/c1-32-16-7-8-18(33-2)17(13-16)20-19(21(27)14-3-5-15(6-4-14)25(30)31)22(28)23(29)24(20)9-11-34-12-10-26/h3-8,13,20,26-27H,9-12H2,1-2H3. The number of methoxy groups -OCH3 is 2. The Balaban J connectivity index is 2.16. The van der Waals surface area contributed by atoms with Gasteiger partial charge in [-0.15, -0.1) is 0 Å². The maximum atomic E-state index is 13.1. The van der Waals surface area contributed by atoms with Gasteiger partial charge in [0.2, 0.25) is 0 Å². The van der Waals surface area contributed by atoms with Gasteiger partial charge in [0.25, 0.3) is 17.4 Å². The number of aliphatic hydroxyl groups excluding tert-OH is 2. The van der Waals surface area contributed by atoms with Crippen molar-refractivity contribution in [1.82, 2.24) is 4.90 Å². The summed E-state index contributed by atoms with van der Waals surface area (Å²) >= 11 is 0. The minimum absolute atomic E-state index is 0.00730. The fourth-order valence-corrected chi connectivity index (χ4v) is 3.71. The number of non-ortho nitro benzene ring substituents is 1. The average Bonchev–Trinajstić information content (AvgIpc) is 3.10. The third kappa shape index (κ3) is 4.85. The minimum Gasteiger partial charge on any atom is -0.507 e. The Bertz CT molecular complexity index is 1110. The maximum absolute atomic E-state index is 13.1. The van der Waals surface area contributed by atoms with E-state index in [0.717, 1.165) is 0 Å². The van der Waals surface area contributed by atoms with E-state index in [4.69, 9.17) is 19.3 Å². The third-order valence-corrected chi connectivity index (χ3v) is 5.34. The summed E-state index contributed by atoms with van der Waals surface area (Å²) in [6, 6.07) is 8.79. The fourth-order valence-electron chi connectivity index (χ4n) is 3.71. The van der Waals surface area contributed by atoms with Gasteiger partial charge in [-0.3, -0.25) is 19.7 Å². The van der Waals surface area contributed by atoms with Crippen molar-refractivity contribution < 1.29 is 38.9 Å². The zero-order valence-corrected chi connectivity index (χ0v) is 18.6. The van der Waals surface area contributed by atoms with Crippen molar-refractivity contribution in [2.45, 2.75) is 6.04 Å². The Morgan fingerprint density at radius 3 is 2.38 bits per heavy atom. The summed E-state index contributed by atoms with van der Waals surface area (Å²) in [5.41, 5.74) is 0.135. The van der Waals surface area contributed by atoms with Gasteiger partial charge in [-0.2, -0.15) is 0 Å². The summed E-state index contributed by atoms with van der Waals surface area (Å²) in [5, 5.41) is 31.0. The molecule has 0 aliphatic carbocycles. The molecule has 0 saturated carbocycles. The Hall–Kier alpha value is -3.96. The number of carbonyl (C=O) groups excluding carboxylic acids is 2. The zero-order chi connectivity index (χ0) is 24.8. The van der Waals surface area contributed by atoms with Crippen LogP contribution in [0.1, 0.15) is 17.2 Å². The number of aliphatic hydroxyl groups is 2. The normalized spacial score (nSPS) is 17.1. The van der Waals surface area contributed by atoms with Gasteiger partial charge < -0.3 is 29.3 Å². The predicted molar refractivity (Wildman–Crippen MR) is 120 cm³/mol. The van der Waals surface area contributed by atoms with E-state index in [2.05, 4.69) is 0 Å². The Labute approximate surface area is 194 Å². The molecule has 180 valence electrons. The van der Waals surface area contributed by atoms with Crippen molar-refractivity contribution in [3.05, 3.63) is 69.3 Å². The quantitative estimate of drug-likeness (QED) is 0.132. The van der Waals surface area contributed by atoms with Crippen molar-refractivity contribution in [3.8, 4) is 11.5 Å². The molecule has 2 aromatic rings. The first-order valence-corrected chi connectivity index (χ1v) is 10.3. The number of benzene rings is 2. The van der Waals surface area contributed by atoms with Crippen LogP contribution in [0, 0.1) is 10.1 Å². The van der Waals surface area contributed by atoms with Crippen molar-refractivity contribution in [2.75, 3.05) is 40.6 Å². The summed E-state index contributed by atoms with van der Waals surface area (Å²) in [4.78, 5) is 37.6. The van der Waals surface area contributed by atoms with Crippen LogP contribution in [0.3, 0.4) is 0 Å². The van der Waals surface area contributed by atoms with Gasteiger partial charge in [0, 0.05) is 29.8 Å². The van der Waals surface area contributed by atoms with Crippen LogP contribution in [-0.4, -0.2) is 72.3 Å². The summed E-state index contributed by atoms with van der Waals surface area (Å²) in [7, 11) is 2.89. The molecule has 1 amide bonds. The maximum Gasteiger partial charge on any atom is 0.295 e. The number of nitro groups is 1. The van der Waals surface area contributed by atoms with E-state index in [-0.39, 0.29) is 43.2 Å². The molecule has 0 bridgehead atoms. The second kappa shape index (κ2) is 10.8. The molecule has 1 atom stereocenters. The molecule has 1 unspecified atom stereocenters. The lowest BCUT2D eigenvalue weighted by atomic mass is 9.94. The van der Waals surface area contributed by atoms with E-state index in [0.29, 0.717) is 17.1 Å². The minimum atomic E-state index is -1.04. The van der Waals surface area contributed by atoms with E-state index in [1.54, 1.807) is 18.2 Å². The van der Waals surface area contributed by atoms with Gasteiger partial charge in [-0.25, -0.2) is 0 Å². The molecule has 1 heterocycles. The van der Waals surface area contributed by atoms with Crippen LogP contribution in [0.15, 0.2) is 48.0 Å². The highest BCUT2D eigenvalue weighted by molar-refractivity contribution is 6.46. The van der Waals surface area contributed by atoms with Gasteiger partial charge in [-0.1, -0.05) is 0 Å². The molecule has 11 nitrogen and oxygen atoms in total. The molecule has 2 N–H and O–H groups in total. The summed E-state index contributed by atoms with van der Waals surface area (Å²) in [6.45, 7) is -0.119. The number of ketones is 1. The molecule has 11 heteroatoms. The second-order valence-electron chi connectivity index (χ2n) is 7.24. The number of rotatable bonds is 10. The molecule has 1 aliphatic rings. The van der Waals surface area contributed by atoms with Crippen LogP contribution in [0.4, 0.5) is 5.69 Å². The molecule has 1 saturated heterocycles. The Morgan fingerprint density at radius 1 is 1.09 bits per heavy atom. The molecule has 2 aromatic carbocycles. The van der Waals surface area contributed by atoms with Crippen LogP contribution in [0.25, 0.3) is 5.76 Å². The van der Waals surface area contributed by atoms with Crippen LogP contribution < -0.4 is 9.47 Å². The van der Waals surface area contributed by atoms with Crippen molar-refractivity contribution in [2.24, 2.45) is 0 Å². The molecule has 0 spiro atoms. The van der Waals surface area contributed by atoms with Crippen molar-refractivity contribution in [3.63, 3.8) is 0 Å². The van der Waals surface area contributed by atoms with Crippen LogP contribution in [-0.2, 0) is 14.3 Å². The van der Waals surface area contributed by atoms with Gasteiger partial charge in [-0.05, 0) is 30.3 Å². The lowest BCUT2D eigenvalue weighted by Crippen LogP contribution is -2.33. The van der Waals surface area contributed by atoms with Crippen molar-refractivity contribution >= 4 is 23.1 Å². The molecule has 1 aliphatic heterocycles. The summed E-state index contributed by atoms with van der Waals surface area (Å²) in [6.07, 6.45) is 0. The number of likely N-dealkylation sites (tertiary alicyclic amines) is 1. The first-order valence-electron chi connectivity index (χ1n) is 10.3. The lowest BCUT2D eigenvalue weighted by Gasteiger charge is -2.26. The van der Waals surface area contributed by atoms with Crippen LogP contribution >= 0.6 is 0 Å². The number of nitro benzene ring substituents is 1. The fraction of sp³-hybridized carbons (Fsp3) is 0.304. The first kappa shape index (κ1) is 24.7. The first-order chi connectivity index (χ1) is 16.3. The second-order valence-corrected chi connectivity index (χ2v) is 7.24. The average molecular weight is 472 g/mol. The van der Waals surface area contributed by atoms with E-state index in [1.807, 2.05) is 0 Å². The van der Waals surface area contributed by atoms with E-state index < -0.39 is 28.4 Å². The smallest absolute Gasteiger partial charge is 0.295 e. The van der Waals surface area contributed by atoms with Gasteiger partial charge in [0.15, 0.2) is 0 Å². The molecular formula is C23H24N2O9. The number of amides is 1. The SMILES string of the molecule is COc1ccc(OC)c(C2C(=C(O)c3ccc([N+](=O)[O-])cc3)C(=O)C(=O)N2CCOCCO)c1. The number of ether oxygens (including phenoxy) is 3. The van der Waals surface area contributed by atoms with Gasteiger partial charge in [0.1, 0.15) is 17.3 Å². The highest BCUT2D eigenvalue weighted by atomic mass is 16.6. The van der Waals surface area contributed by atoms with Crippen LogP contribution in [0.5, 0.6) is 11.5 Å².